The fourth-order valence-corrected chi connectivity index (χ4v) is 2.62. The molecule has 2 N–H and O–H groups in total. The number of carboxylic acids is 1. The molecule has 0 atom stereocenters. The van der Waals surface area contributed by atoms with Crippen molar-refractivity contribution in [1.29, 1.82) is 0 Å². The number of aliphatic carboxylic acids is 1. The molecule has 5 nitrogen and oxygen atoms in total. The lowest BCUT2D eigenvalue weighted by Crippen LogP contribution is -2.25. The van der Waals surface area contributed by atoms with Gasteiger partial charge >= 0.3 is 5.97 Å². The van der Waals surface area contributed by atoms with Crippen LogP contribution in [0.25, 0.3) is 0 Å². The van der Waals surface area contributed by atoms with Gasteiger partial charge in [-0.05, 0) is 13.8 Å². The number of thiazole rings is 1. The summed E-state index contributed by atoms with van der Waals surface area (Å²) in [5.41, 5.74) is 0.739. The average molecular weight is 274 g/mol. The van der Waals surface area contributed by atoms with Crippen molar-refractivity contribution in [3.05, 3.63) is 15.6 Å². The Balaban J connectivity index is 2.30. The molecule has 0 aromatic carbocycles. The van der Waals surface area contributed by atoms with E-state index in [0.717, 1.165) is 10.7 Å². The lowest BCUT2D eigenvalue weighted by atomic mass is 10.4. The van der Waals surface area contributed by atoms with Gasteiger partial charge in [0.05, 0.1) is 16.5 Å². The van der Waals surface area contributed by atoms with Crippen LogP contribution in [0.3, 0.4) is 0 Å². The summed E-state index contributed by atoms with van der Waals surface area (Å²) >= 11 is 2.65. The molecule has 0 aliphatic rings. The Kier molecular flexibility index (Phi) is 5.43. The van der Waals surface area contributed by atoms with E-state index < -0.39 is 5.97 Å². The molecule has 0 bridgehead atoms. The third kappa shape index (κ3) is 4.74. The number of aromatic nitrogens is 1. The number of carboxylic acid groups (broad SMARTS) is 1. The first kappa shape index (κ1) is 14.0. The van der Waals surface area contributed by atoms with Gasteiger partial charge in [0.2, 0.25) is 0 Å². The molecule has 7 heteroatoms. The van der Waals surface area contributed by atoms with Crippen LogP contribution in [0, 0.1) is 13.8 Å². The summed E-state index contributed by atoms with van der Waals surface area (Å²) in [5.74, 6) is -0.317. The van der Waals surface area contributed by atoms with Gasteiger partial charge in [-0.25, -0.2) is 4.98 Å². The number of carbonyl (C=O) groups is 2. The highest BCUT2D eigenvalue weighted by Gasteiger charge is 2.12. The smallest absolute Gasteiger partial charge is 0.313 e. The number of carbonyl (C=O) groups excluding carboxylic acids is 1. The molecule has 1 aromatic rings. The van der Waals surface area contributed by atoms with Gasteiger partial charge in [-0.15, -0.1) is 23.1 Å². The fourth-order valence-electron chi connectivity index (χ4n) is 1.22. The van der Waals surface area contributed by atoms with Crippen LogP contribution in [0.15, 0.2) is 0 Å². The van der Waals surface area contributed by atoms with Gasteiger partial charge in [0.1, 0.15) is 4.88 Å². The molecule has 1 rings (SSSR count). The number of aryl methyl sites for hydroxylation is 2. The van der Waals surface area contributed by atoms with Crippen molar-refractivity contribution in [2.45, 2.75) is 13.8 Å². The van der Waals surface area contributed by atoms with Crippen LogP contribution in [0.4, 0.5) is 0 Å². The Morgan fingerprint density at radius 2 is 2.18 bits per heavy atom. The Labute approximate surface area is 108 Å². The second-order valence-corrected chi connectivity index (χ2v) is 5.66. The number of thioether (sulfide) groups is 1. The van der Waals surface area contributed by atoms with Crippen molar-refractivity contribution < 1.29 is 14.7 Å². The van der Waals surface area contributed by atoms with Crippen molar-refractivity contribution in [2.75, 3.05) is 18.1 Å². The molecule has 0 spiro atoms. The molecule has 0 fully saturated rings. The van der Waals surface area contributed by atoms with Gasteiger partial charge in [0.25, 0.3) is 5.91 Å². The third-order valence-corrected chi connectivity index (χ3v) is 3.88. The number of nitrogens with one attached hydrogen (secondary N) is 1. The zero-order valence-electron chi connectivity index (χ0n) is 9.65. The molecule has 1 heterocycles. The topological polar surface area (TPSA) is 79.3 Å². The Morgan fingerprint density at radius 3 is 2.71 bits per heavy atom. The van der Waals surface area contributed by atoms with Gasteiger partial charge < -0.3 is 10.4 Å². The third-order valence-electron chi connectivity index (χ3n) is 1.87. The number of amides is 1. The highest BCUT2D eigenvalue weighted by atomic mass is 32.2. The zero-order chi connectivity index (χ0) is 12.8. The first-order valence-electron chi connectivity index (χ1n) is 5.02. The van der Waals surface area contributed by atoms with Gasteiger partial charge in [-0.3, -0.25) is 9.59 Å². The number of hydrogen-bond acceptors (Lipinski definition) is 5. The van der Waals surface area contributed by atoms with Crippen molar-refractivity contribution in [1.82, 2.24) is 10.3 Å². The maximum absolute atomic E-state index is 11.7. The quantitative estimate of drug-likeness (QED) is 0.765. The number of hydrogen-bond donors (Lipinski definition) is 2. The van der Waals surface area contributed by atoms with E-state index in [4.69, 9.17) is 5.11 Å². The van der Waals surface area contributed by atoms with E-state index in [2.05, 4.69) is 10.3 Å². The summed E-state index contributed by atoms with van der Waals surface area (Å²) in [6, 6.07) is 0. The van der Waals surface area contributed by atoms with E-state index in [1.165, 1.54) is 23.1 Å². The van der Waals surface area contributed by atoms with Crippen LogP contribution in [-0.2, 0) is 4.79 Å². The summed E-state index contributed by atoms with van der Waals surface area (Å²) < 4.78 is 0. The molecule has 0 saturated carbocycles. The van der Waals surface area contributed by atoms with E-state index in [1.54, 1.807) is 6.92 Å². The van der Waals surface area contributed by atoms with Crippen LogP contribution in [0.2, 0.25) is 0 Å². The van der Waals surface area contributed by atoms with E-state index in [0.29, 0.717) is 17.2 Å². The molecule has 0 radical (unpaired) electrons. The molecule has 0 aliphatic heterocycles. The highest BCUT2D eigenvalue weighted by molar-refractivity contribution is 7.99. The second kappa shape index (κ2) is 6.61. The summed E-state index contributed by atoms with van der Waals surface area (Å²) in [4.78, 5) is 26.8. The SMILES string of the molecule is Cc1nc(C)c(C(=O)NCCSCC(=O)O)s1. The molecule has 17 heavy (non-hydrogen) atoms. The van der Waals surface area contributed by atoms with Gasteiger partial charge in [0, 0.05) is 12.3 Å². The van der Waals surface area contributed by atoms with E-state index in [-0.39, 0.29) is 11.7 Å². The molecule has 0 saturated heterocycles. The zero-order valence-corrected chi connectivity index (χ0v) is 11.3. The lowest BCUT2D eigenvalue weighted by Gasteiger charge is -2.02. The molecular formula is C10H14N2O3S2. The van der Waals surface area contributed by atoms with Crippen LogP contribution in [0.5, 0.6) is 0 Å². The molecule has 0 unspecified atom stereocenters. The molecule has 0 aliphatic carbocycles. The predicted molar refractivity (Wildman–Crippen MR) is 68.9 cm³/mol. The minimum absolute atomic E-state index is 0.0641. The molecule has 1 amide bonds. The maximum atomic E-state index is 11.7. The summed E-state index contributed by atoms with van der Waals surface area (Å²) in [6.45, 7) is 4.13. The van der Waals surface area contributed by atoms with Gasteiger partial charge in [-0.1, -0.05) is 0 Å². The maximum Gasteiger partial charge on any atom is 0.313 e. The van der Waals surface area contributed by atoms with Crippen molar-refractivity contribution in [2.24, 2.45) is 0 Å². The minimum atomic E-state index is -0.838. The van der Waals surface area contributed by atoms with Crippen molar-refractivity contribution >= 4 is 35.0 Å². The number of rotatable bonds is 6. The first-order chi connectivity index (χ1) is 8.00. The van der Waals surface area contributed by atoms with Crippen LogP contribution in [0.1, 0.15) is 20.4 Å². The van der Waals surface area contributed by atoms with E-state index >= 15 is 0 Å². The minimum Gasteiger partial charge on any atom is -0.481 e. The Hall–Kier alpha value is -1.08. The van der Waals surface area contributed by atoms with Gasteiger partial charge in [-0.2, -0.15) is 0 Å². The van der Waals surface area contributed by atoms with E-state index in [9.17, 15) is 9.59 Å². The molecular weight excluding hydrogens is 260 g/mol. The molecule has 94 valence electrons. The largest absolute Gasteiger partial charge is 0.481 e. The Bertz CT molecular complexity index is 418. The van der Waals surface area contributed by atoms with Gasteiger partial charge in [0.15, 0.2) is 0 Å². The summed E-state index contributed by atoms with van der Waals surface area (Å²) in [7, 11) is 0. The standard InChI is InChI=1S/C10H14N2O3S2/c1-6-9(17-7(2)12-6)10(15)11-3-4-16-5-8(13)14/h3-5H2,1-2H3,(H,11,15)(H,13,14). The van der Waals surface area contributed by atoms with Crippen molar-refractivity contribution in [3.8, 4) is 0 Å². The monoisotopic (exact) mass is 274 g/mol. The second-order valence-electron chi connectivity index (χ2n) is 3.35. The van der Waals surface area contributed by atoms with Crippen LogP contribution >= 0.6 is 23.1 Å². The van der Waals surface area contributed by atoms with Crippen molar-refractivity contribution in [3.63, 3.8) is 0 Å². The first-order valence-corrected chi connectivity index (χ1v) is 6.99. The lowest BCUT2D eigenvalue weighted by molar-refractivity contribution is -0.133. The molecule has 1 aromatic heterocycles. The van der Waals surface area contributed by atoms with Crippen LogP contribution in [-0.4, -0.2) is 40.0 Å². The van der Waals surface area contributed by atoms with E-state index in [1.807, 2.05) is 6.92 Å². The highest BCUT2D eigenvalue weighted by Crippen LogP contribution is 2.16. The summed E-state index contributed by atoms with van der Waals surface area (Å²) in [6.07, 6.45) is 0. The number of nitrogens with zero attached hydrogens (tertiary/aromatic N) is 1. The predicted octanol–water partition coefficient (Wildman–Crippen LogP) is 1.31. The average Bonchev–Trinajstić information content (AvgIpc) is 2.56. The Morgan fingerprint density at radius 1 is 1.47 bits per heavy atom. The normalized spacial score (nSPS) is 10.2. The summed E-state index contributed by atoms with van der Waals surface area (Å²) in [5, 5.41) is 12.0. The van der Waals surface area contributed by atoms with Crippen LogP contribution < -0.4 is 5.32 Å². The fraction of sp³-hybridized carbons (Fsp3) is 0.500.